The number of aromatic amines is 1. The molecule has 6 nitrogen and oxygen atoms in total. The molecule has 1 aliphatic heterocycles. The molecule has 0 saturated carbocycles. The highest BCUT2D eigenvalue weighted by atomic mass is 35.5. The van der Waals surface area contributed by atoms with Crippen LogP contribution in [0.4, 0.5) is 0 Å². The molecule has 0 saturated heterocycles. The van der Waals surface area contributed by atoms with Gasteiger partial charge in [0, 0.05) is 27.8 Å². The fourth-order valence-electron chi connectivity index (χ4n) is 2.28. The zero-order chi connectivity index (χ0) is 17.9. The molecule has 0 amide bonds. The fourth-order valence-corrected chi connectivity index (χ4v) is 3.82. The van der Waals surface area contributed by atoms with E-state index in [2.05, 4.69) is 10.7 Å². The van der Waals surface area contributed by atoms with E-state index in [0.717, 1.165) is 16.5 Å². The first-order chi connectivity index (χ1) is 11.4. The van der Waals surface area contributed by atoms with Crippen LogP contribution in [0.1, 0.15) is 21.6 Å². The number of nitrogens with one attached hydrogen (secondary N) is 1. The Morgan fingerprint density at radius 3 is 2.75 bits per heavy atom. The van der Waals surface area contributed by atoms with Gasteiger partial charge in [0.1, 0.15) is 0 Å². The summed E-state index contributed by atoms with van der Waals surface area (Å²) in [5, 5.41) is 19.3. The maximum atomic E-state index is 12.0. The molecule has 0 radical (unpaired) electrons. The molecule has 1 aromatic carbocycles. The molecule has 2 aromatic rings. The third-order valence-electron chi connectivity index (χ3n) is 3.43. The minimum atomic E-state index is -1.41. The van der Waals surface area contributed by atoms with E-state index in [1.807, 2.05) is 13.0 Å². The van der Waals surface area contributed by atoms with E-state index in [9.17, 15) is 14.7 Å². The quantitative estimate of drug-likeness (QED) is 0.698. The highest BCUT2D eigenvalue weighted by molar-refractivity contribution is 7.98. The third-order valence-corrected chi connectivity index (χ3v) is 4.99. The minimum absolute atomic E-state index is 0.208. The molecule has 3 rings (SSSR count). The lowest BCUT2D eigenvalue weighted by molar-refractivity contribution is -0.372. The first kappa shape index (κ1) is 18.5. The number of carbonyl (C=O) groups excluding carboxylic acids is 1. The summed E-state index contributed by atoms with van der Waals surface area (Å²) in [7, 11) is 0. The number of hydrogen-bond acceptors (Lipinski definition) is 5. The van der Waals surface area contributed by atoms with Crippen LogP contribution in [0.2, 0.25) is 5.02 Å². The number of pyridine rings is 1. The van der Waals surface area contributed by atoms with Crippen molar-refractivity contribution in [3.63, 3.8) is 0 Å². The summed E-state index contributed by atoms with van der Waals surface area (Å²) in [4.78, 5) is 26.7. The molecule has 0 aliphatic carbocycles. The Morgan fingerprint density at radius 2 is 2.17 bits per heavy atom. The van der Waals surface area contributed by atoms with Gasteiger partial charge in [-0.05, 0) is 18.6 Å². The van der Waals surface area contributed by atoms with Crippen molar-refractivity contribution < 1.29 is 20.7 Å². The normalized spacial score (nSPS) is 11.8. The van der Waals surface area contributed by atoms with Gasteiger partial charge < -0.3 is 25.7 Å². The first-order valence-electron chi connectivity index (χ1n) is 7.20. The standard InChI is InChI=1S/C14H10ClNO3S.C2H7NO/c1-6-2-3-8(15)11-12-7(5-20-13(6)11)10(17)4-9(16-12)14(18)19;3-1-2-4/h2-4H,5H2,1H3,(H,16,17)(H,18,19);4H,1-3H2. The van der Waals surface area contributed by atoms with E-state index in [1.165, 1.54) is 11.8 Å². The number of quaternary nitrogens is 1. The number of benzene rings is 1. The minimum Gasteiger partial charge on any atom is -0.543 e. The lowest BCUT2D eigenvalue weighted by Crippen LogP contribution is -2.51. The number of H-pyrrole nitrogens is 1. The smallest absolute Gasteiger partial charge is 0.186 e. The van der Waals surface area contributed by atoms with Gasteiger partial charge in [-0.2, -0.15) is 0 Å². The van der Waals surface area contributed by atoms with Gasteiger partial charge in [0.25, 0.3) is 0 Å². The Balaban J connectivity index is 0.000000471. The molecule has 128 valence electrons. The molecule has 0 bridgehead atoms. The molecule has 0 unspecified atom stereocenters. The molecule has 0 spiro atoms. The van der Waals surface area contributed by atoms with E-state index in [1.54, 1.807) is 6.07 Å². The van der Waals surface area contributed by atoms with Crippen molar-refractivity contribution in [2.24, 2.45) is 0 Å². The summed E-state index contributed by atoms with van der Waals surface area (Å²) >= 11 is 7.76. The number of fused-ring (bicyclic) bond motifs is 3. The van der Waals surface area contributed by atoms with Gasteiger partial charge in [-0.25, -0.2) is 0 Å². The molecule has 24 heavy (non-hydrogen) atoms. The zero-order valence-corrected chi connectivity index (χ0v) is 14.6. The van der Waals surface area contributed by atoms with Crippen LogP contribution in [0.5, 0.6) is 0 Å². The van der Waals surface area contributed by atoms with Gasteiger partial charge in [0.15, 0.2) is 5.43 Å². The number of aryl methyl sites for hydroxylation is 1. The predicted octanol–water partition coefficient (Wildman–Crippen LogP) is 0.194. The average molecular weight is 369 g/mol. The topological polar surface area (TPSA) is 121 Å². The molecular formula is C16H17ClN2O4S. The Hall–Kier alpha value is -1.80. The Labute approximate surface area is 147 Å². The van der Waals surface area contributed by atoms with Crippen LogP contribution in [0.15, 0.2) is 27.9 Å². The van der Waals surface area contributed by atoms with Gasteiger partial charge in [-0.15, -0.1) is 11.8 Å². The summed E-state index contributed by atoms with van der Waals surface area (Å²) < 4.78 is 0. The largest absolute Gasteiger partial charge is 0.543 e. The number of thioether (sulfide) groups is 1. The molecule has 2 heterocycles. The second-order valence-corrected chi connectivity index (χ2v) is 6.52. The number of aromatic carboxylic acids is 1. The van der Waals surface area contributed by atoms with Crippen LogP contribution in [-0.2, 0) is 5.75 Å². The first-order valence-corrected chi connectivity index (χ1v) is 8.57. The van der Waals surface area contributed by atoms with Crippen molar-refractivity contribution in [3.8, 4) is 11.3 Å². The van der Waals surface area contributed by atoms with Gasteiger partial charge >= 0.3 is 0 Å². The van der Waals surface area contributed by atoms with E-state index in [0.29, 0.717) is 34.1 Å². The van der Waals surface area contributed by atoms with Crippen LogP contribution in [0.25, 0.3) is 11.3 Å². The van der Waals surface area contributed by atoms with E-state index in [4.69, 9.17) is 16.7 Å². The number of aliphatic hydroxyl groups is 1. The third kappa shape index (κ3) is 3.64. The van der Waals surface area contributed by atoms with Gasteiger partial charge in [-0.1, -0.05) is 17.7 Å². The number of halogens is 1. The fraction of sp³-hybridized carbons (Fsp3) is 0.250. The number of carbonyl (C=O) groups is 1. The Kier molecular flexibility index (Phi) is 6.06. The summed E-state index contributed by atoms with van der Waals surface area (Å²) in [6, 6.07) is 4.71. The highest BCUT2D eigenvalue weighted by Crippen LogP contribution is 2.44. The summed E-state index contributed by atoms with van der Waals surface area (Å²) in [5.74, 6) is -0.917. The summed E-state index contributed by atoms with van der Waals surface area (Å²) in [6.45, 7) is 2.79. The Morgan fingerprint density at radius 1 is 1.50 bits per heavy atom. The second kappa shape index (κ2) is 7.85. The van der Waals surface area contributed by atoms with E-state index in [-0.39, 0.29) is 17.7 Å². The lowest BCUT2D eigenvalue weighted by Gasteiger charge is -2.22. The highest BCUT2D eigenvalue weighted by Gasteiger charge is 2.24. The van der Waals surface area contributed by atoms with Crippen molar-refractivity contribution in [1.82, 2.24) is 4.98 Å². The van der Waals surface area contributed by atoms with Crippen molar-refractivity contribution in [2.75, 3.05) is 13.2 Å². The van der Waals surface area contributed by atoms with Crippen LogP contribution >= 0.6 is 23.4 Å². The SMILES string of the molecule is Cc1ccc(Cl)c2c1SCc1c-2[nH]c(C(=O)[O-])cc1=O.[NH3+]CCO. The van der Waals surface area contributed by atoms with Crippen LogP contribution < -0.4 is 16.3 Å². The lowest BCUT2D eigenvalue weighted by atomic mass is 10.0. The average Bonchev–Trinajstić information content (AvgIpc) is 2.57. The molecule has 0 atom stereocenters. The summed E-state index contributed by atoms with van der Waals surface area (Å²) in [5.41, 5.74) is 5.57. The van der Waals surface area contributed by atoms with Crippen LogP contribution in [0, 0.1) is 6.92 Å². The monoisotopic (exact) mass is 368 g/mol. The number of aromatic nitrogens is 1. The molecule has 1 aliphatic rings. The van der Waals surface area contributed by atoms with Gasteiger partial charge in [-0.3, -0.25) is 4.79 Å². The van der Waals surface area contributed by atoms with Crippen LogP contribution in [-0.4, -0.2) is 29.2 Å². The summed E-state index contributed by atoms with van der Waals surface area (Å²) in [6.07, 6.45) is 0. The predicted molar refractivity (Wildman–Crippen MR) is 91.0 cm³/mol. The van der Waals surface area contributed by atoms with Crippen molar-refractivity contribution >= 4 is 29.3 Å². The van der Waals surface area contributed by atoms with Crippen LogP contribution in [0.3, 0.4) is 0 Å². The van der Waals surface area contributed by atoms with Gasteiger partial charge in [0.05, 0.1) is 35.5 Å². The second-order valence-electron chi connectivity index (χ2n) is 5.12. The molecular weight excluding hydrogens is 352 g/mol. The van der Waals surface area contributed by atoms with Crippen molar-refractivity contribution in [3.05, 3.63) is 50.3 Å². The maximum absolute atomic E-state index is 12.0. The Bertz CT molecular complexity index is 834. The number of aliphatic hydroxyl groups excluding tert-OH is 1. The maximum Gasteiger partial charge on any atom is 0.186 e. The number of carboxylic acid groups (broad SMARTS) is 1. The number of rotatable bonds is 2. The number of hydrogen-bond donors (Lipinski definition) is 3. The molecule has 0 fully saturated rings. The van der Waals surface area contributed by atoms with E-state index >= 15 is 0 Å². The van der Waals surface area contributed by atoms with Crippen molar-refractivity contribution in [2.45, 2.75) is 17.6 Å². The molecule has 8 heteroatoms. The number of carboxylic acids is 1. The zero-order valence-electron chi connectivity index (χ0n) is 13.0. The van der Waals surface area contributed by atoms with Crippen molar-refractivity contribution in [1.29, 1.82) is 0 Å². The van der Waals surface area contributed by atoms with Gasteiger partial charge in [0.2, 0.25) is 0 Å². The molecule has 5 N–H and O–H groups in total. The molecule has 1 aromatic heterocycles. The van der Waals surface area contributed by atoms with E-state index < -0.39 is 5.97 Å².